The monoisotopic (exact) mass is 388 g/mol. The van der Waals surface area contributed by atoms with E-state index < -0.39 is 0 Å². The van der Waals surface area contributed by atoms with Crippen molar-refractivity contribution in [1.29, 1.82) is 0 Å². The third kappa shape index (κ3) is 2.95. The van der Waals surface area contributed by atoms with Crippen molar-refractivity contribution >= 4 is 22.4 Å². The predicted octanol–water partition coefficient (Wildman–Crippen LogP) is 4.47. The molecule has 1 N–H and O–H groups in total. The van der Waals surface area contributed by atoms with Crippen LogP contribution in [0.1, 0.15) is 50.4 Å². The summed E-state index contributed by atoms with van der Waals surface area (Å²) in [5, 5.41) is 3.38. The molecule has 1 saturated heterocycles. The van der Waals surface area contributed by atoms with Crippen LogP contribution >= 0.6 is 0 Å². The number of furan rings is 1. The first kappa shape index (κ1) is 17.5. The second-order valence-corrected chi connectivity index (χ2v) is 8.74. The molecule has 1 aromatic heterocycles. The molecule has 0 radical (unpaired) electrons. The molecule has 150 valence electrons. The molecule has 6 rings (SSSR count). The van der Waals surface area contributed by atoms with Gasteiger partial charge in [-0.1, -0.05) is 0 Å². The molecule has 3 aliphatic heterocycles. The van der Waals surface area contributed by atoms with Gasteiger partial charge in [-0.3, -0.25) is 5.01 Å². The van der Waals surface area contributed by atoms with E-state index in [1.165, 1.54) is 53.7 Å². The summed E-state index contributed by atoms with van der Waals surface area (Å²) in [6.07, 6.45) is 9.22. The van der Waals surface area contributed by atoms with Crippen LogP contribution in [0.2, 0.25) is 0 Å². The summed E-state index contributed by atoms with van der Waals surface area (Å²) in [4.78, 5) is 7.46. The molecule has 2 aromatic rings. The molecule has 4 heterocycles. The number of benzene rings is 1. The maximum Gasteiger partial charge on any atom is 0.145 e. The Morgan fingerprint density at radius 1 is 1.21 bits per heavy atom. The molecule has 1 atom stereocenters. The average molecular weight is 389 g/mol. The van der Waals surface area contributed by atoms with Crippen molar-refractivity contribution in [2.24, 2.45) is 4.99 Å². The van der Waals surface area contributed by atoms with E-state index in [0.717, 1.165) is 49.5 Å². The summed E-state index contributed by atoms with van der Waals surface area (Å²) < 4.78 is 6.17. The highest BCUT2D eigenvalue weighted by atomic mass is 16.3. The van der Waals surface area contributed by atoms with Crippen LogP contribution in [0.4, 0.5) is 0 Å². The van der Waals surface area contributed by atoms with Crippen molar-refractivity contribution < 1.29 is 4.42 Å². The van der Waals surface area contributed by atoms with Crippen molar-refractivity contribution in [2.75, 3.05) is 19.6 Å². The fourth-order valence-corrected chi connectivity index (χ4v) is 5.32. The molecule has 0 bridgehead atoms. The van der Waals surface area contributed by atoms with Gasteiger partial charge < -0.3 is 9.32 Å². The van der Waals surface area contributed by atoms with Crippen molar-refractivity contribution in [3.8, 4) is 0 Å². The molecule has 1 unspecified atom stereocenters. The number of nitrogens with one attached hydrogen (secondary N) is 1. The Bertz CT molecular complexity index is 1060. The molecule has 0 spiro atoms. The smallest absolute Gasteiger partial charge is 0.145 e. The summed E-state index contributed by atoms with van der Waals surface area (Å²) in [6, 6.07) is 9.59. The minimum Gasteiger partial charge on any atom is -0.461 e. The Kier molecular flexibility index (Phi) is 4.13. The van der Waals surface area contributed by atoms with Gasteiger partial charge in [0.15, 0.2) is 0 Å². The Morgan fingerprint density at radius 2 is 2.17 bits per heavy atom. The highest BCUT2D eigenvalue weighted by Crippen LogP contribution is 2.39. The number of fused-ring (bicyclic) bond motifs is 3. The number of hydrazine groups is 1. The molecule has 5 heteroatoms. The molecule has 2 fully saturated rings. The molecule has 29 heavy (non-hydrogen) atoms. The molecule has 1 saturated carbocycles. The van der Waals surface area contributed by atoms with Crippen LogP contribution in [0.3, 0.4) is 0 Å². The standard InChI is InChI=1S/C24H28N4O/c1-16-4-3-12-27(16)13-10-19-15-18-14-17(7-8-22(18)29-19)24-20-5-2-6-21(20)26-23-9-11-25-28(23)24/h7-9,14-16,25H,2-6,10-13H2,1H3. The Balaban J connectivity index is 1.31. The Labute approximate surface area is 171 Å². The van der Waals surface area contributed by atoms with Crippen LogP contribution in [-0.4, -0.2) is 41.3 Å². The SMILES string of the molecule is CC1CCCN1CCc1cc2cc(C3=C4CCCC4=NC4=CCNN43)ccc2o1. The molecule has 5 nitrogen and oxygen atoms in total. The molecule has 0 amide bonds. The predicted molar refractivity (Wildman–Crippen MR) is 116 cm³/mol. The van der Waals surface area contributed by atoms with Crippen LogP contribution in [0.5, 0.6) is 0 Å². The second kappa shape index (κ2) is 6.85. The van der Waals surface area contributed by atoms with E-state index in [-0.39, 0.29) is 0 Å². The van der Waals surface area contributed by atoms with Crippen molar-refractivity contribution in [1.82, 2.24) is 15.3 Å². The third-order valence-corrected chi connectivity index (χ3v) is 6.89. The van der Waals surface area contributed by atoms with E-state index in [1.807, 2.05) is 0 Å². The van der Waals surface area contributed by atoms with E-state index in [1.54, 1.807) is 0 Å². The summed E-state index contributed by atoms with van der Waals surface area (Å²) in [5.74, 6) is 2.15. The van der Waals surface area contributed by atoms with Gasteiger partial charge >= 0.3 is 0 Å². The first-order valence-corrected chi connectivity index (χ1v) is 11.1. The lowest BCUT2D eigenvalue weighted by Crippen LogP contribution is -2.33. The first-order valence-electron chi connectivity index (χ1n) is 11.1. The van der Waals surface area contributed by atoms with Gasteiger partial charge in [0.25, 0.3) is 0 Å². The highest BCUT2D eigenvalue weighted by molar-refractivity contribution is 6.10. The van der Waals surface area contributed by atoms with E-state index in [2.05, 4.69) is 52.6 Å². The zero-order chi connectivity index (χ0) is 19.4. The quantitative estimate of drug-likeness (QED) is 0.839. The van der Waals surface area contributed by atoms with Crippen LogP contribution in [-0.2, 0) is 6.42 Å². The summed E-state index contributed by atoms with van der Waals surface area (Å²) in [5.41, 5.74) is 9.68. The van der Waals surface area contributed by atoms with Crippen LogP contribution in [0, 0.1) is 0 Å². The van der Waals surface area contributed by atoms with Gasteiger partial charge in [-0.2, -0.15) is 0 Å². The summed E-state index contributed by atoms with van der Waals surface area (Å²) >= 11 is 0. The topological polar surface area (TPSA) is 44.0 Å². The van der Waals surface area contributed by atoms with E-state index in [9.17, 15) is 0 Å². The molecular weight excluding hydrogens is 360 g/mol. The van der Waals surface area contributed by atoms with Gasteiger partial charge in [-0.15, -0.1) is 0 Å². The van der Waals surface area contributed by atoms with E-state index in [0.29, 0.717) is 6.04 Å². The van der Waals surface area contributed by atoms with Gasteiger partial charge in [-0.05, 0) is 81.5 Å². The number of hydrogen-bond acceptors (Lipinski definition) is 5. The van der Waals surface area contributed by atoms with E-state index in [4.69, 9.17) is 9.41 Å². The van der Waals surface area contributed by atoms with Crippen LogP contribution in [0.15, 0.2) is 51.1 Å². The lowest BCUT2D eigenvalue weighted by Gasteiger charge is -2.29. The molecular formula is C24H28N4O. The largest absolute Gasteiger partial charge is 0.461 e. The number of likely N-dealkylation sites (tertiary alicyclic amines) is 1. The van der Waals surface area contributed by atoms with Crippen LogP contribution < -0.4 is 5.43 Å². The van der Waals surface area contributed by atoms with E-state index >= 15 is 0 Å². The summed E-state index contributed by atoms with van der Waals surface area (Å²) in [6.45, 7) is 5.50. The fourth-order valence-electron chi connectivity index (χ4n) is 5.32. The van der Waals surface area contributed by atoms with Crippen molar-refractivity contribution in [3.05, 3.63) is 53.1 Å². The van der Waals surface area contributed by atoms with Gasteiger partial charge in [0.1, 0.15) is 17.2 Å². The number of allylic oxidation sites excluding steroid dienone is 1. The molecule has 1 aliphatic carbocycles. The minimum atomic E-state index is 0.711. The number of nitrogens with zero attached hydrogens (tertiary/aromatic N) is 3. The average Bonchev–Trinajstić information content (AvgIpc) is 3.50. The zero-order valence-electron chi connectivity index (χ0n) is 17.1. The van der Waals surface area contributed by atoms with Gasteiger partial charge in [-0.25, -0.2) is 10.4 Å². The lowest BCUT2D eigenvalue weighted by molar-refractivity contribution is 0.266. The normalized spacial score (nSPS) is 24.3. The lowest BCUT2D eigenvalue weighted by atomic mass is 10.0. The maximum atomic E-state index is 6.17. The van der Waals surface area contributed by atoms with Crippen molar-refractivity contribution in [3.63, 3.8) is 0 Å². The third-order valence-electron chi connectivity index (χ3n) is 6.89. The maximum absolute atomic E-state index is 6.17. The summed E-state index contributed by atoms with van der Waals surface area (Å²) in [7, 11) is 0. The minimum absolute atomic E-state index is 0.711. The Morgan fingerprint density at radius 3 is 3.07 bits per heavy atom. The fraction of sp³-hybridized carbons (Fsp3) is 0.458. The highest BCUT2D eigenvalue weighted by Gasteiger charge is 2.32. The molecule has 1 aromatic carbocycles. The zero-order valence-corrected chi connectivity index (χ0v) is 17.1. The van der Waals surface area contributed by atoms with Gasteiger partial charge in [0.2, 0.25) is 0 Å². The number of hydrogen-bond donors (Lipinski definition) is 1. The number of rotatable bonds is 4. The van der Waals surface area contributed by atoms with Crippen LogP contribution in [0.25, 0.3) is 16.7 Å². The Hall–Kier alpha value is -2.37. The van der Waals surface area contributed by atoms with Crippen molar-refractivity contribution in [2.45, 2.75) is 51.5 Å². The van der Waals surface area contributed by atoms with Gasteiger partial charge in [0, 0.05) is 42.2 Å². The number of aliphatic imine (C=N–C) groups is 1. The van der Waals surface area contributed by atoms with Gasteiger partial charge in [0.05, 0.1) is 5.70 Å². The second-order valence-electron chi connectivity index (χ2n) is 8.74. The molecule has 4 aliphatic rings. The first-order chi connectivity index (χ1) is 14.3.